The van der Waals surface area contributed by atoms with Gasteiger partial charge in [-0.3, -0.25) is 9.89 Å². The molecular weight excluding hydrogens is 394 g/mol. The van der Waals surface area contributed by atoms with Gasteiger partial charge >= 0.3 is 0 Å². The molecule has 1 saturated heterocycles. The number of nitrogens with one attached hydrogen (secondary N) is 1. The van der Waals surface area contributed by atoms with Crippen LogP contribution >= 0.6 is 15.9 Å². The number of rotatable bonds is 4. The second-order valence-electron chi connectivity index (χ2n) is 7.28. The van der Waals surface area contributed by atoms with E-state index in [9.17, 15) is 4.79 Å². The van der Waals surface area contributed by atoms with E-state index in [-0.39, 0.29) is 17.9 Å². The molecule has 0 spiro atoms. The van der Waals surface area contributed by atoms with Crippen molar-refractivity contribution in [2.24, 2.45) is 0 Å². The van der Waals surface area contributed by atoms with E-state index in [1.165, 1.54) is 0 Å². The quantitative estimate of drug-likeness (QED) is 0.787. The normalized spacial score (nSPS) is 15.5. The second kappa shape index (κ2) is 7.82. The molecule has 6 heteroatoms. The molecule has 0 unspecified atom stereocenters. The molecule has 1 fully saturated rings. The summed E-state index contributed by atoms with van der Waals surface area (Å²) >= 11 is 3.53. The molecule has 1 aliphatic rings. The number of likely N-dealkylation sites (tertiary alicyclic amines) is 1. The minimum Gasteiger partial charge on any atom is -0.490 e. The number of nitrogens with zero attached hydrogens (tertiary/aromatic N) is 2. The van der Waals surface area contributed by atoms with Crippen LogP contribution < -0.4 is 4.74 Å². The third-order valence-electron chi connectivity index (χ3n) is 4.93. The molecule has 1 aromatic heterocycles. The summed E-state index contributed by atoms with van der Waals surface area (Å²) in [5, 5.41) is 7.21. The first kappa shape index (κ1) is 19.0. The van der Waals surface area contributed by atoms with Crippen LogP contribution in [0.2, 0.25) is 0 Å². The van der Waals surface area contributed by atoms with Crippen LogP contribution in [0, 0.1) is 13.8 Å². The molecule has 1 amide bonds. The smallest absolute Gasteiger partial charge is 0.275 e. The van der Waals surface area contributed by atoms with Gasteiger partial charge in [0.05, 0.1) is 10.2 Å². The van der Waals surface area contributed by atoms with Gasteiger partial charge in [-0.15, -0.1) is 0 Å². The SMILES string of the molecule is Cc1cccc(C)c1OC1CCN(C(=O)c2n[nH]c(C(C)C)c2Br)CC1. The van der Waals surface area contributed by atoms with Crippen LogP contribution in [0.1, 0.15) is 59.9 Å². The van der Waals surface area contributed by atoms with Crippen molar-refractivity contribution < 1.29 is 9.53 Å². The van der Waals surface area contributed by atoms with Crippen LogP contribution in [0.25, 0.3) is 0 Å². The minimum absolute atomic E-state index is 0.0226. The number of hydrogen-bond donors (Lipinski definition) is 1. The molecular formula is C20H26BrN3O2. The zero-order chi connectivity index (χ0) is 18.8. The van der Waals surface area contributed by atoms with Crippen molar-refractivity contribution in [3.8, 4) is 5.75 Å². The van der Waals surface area contributed by atoms with Gasteiger partial charge in [-0.2, -0.15) is 5.10 Å². The lowest BCUT2D eigenvalue weighted by molar-refractivity contribution is 0.0587. The fraction of sp³-hybridized carbons (Fsp3) is 0.500. The molecule has 1 aliphatic heterocycles. The highest BCUT2D eigenvalue weighted by molar-refractivity contribution is 9.10. The number of carbonyl (C=O) groups is 1. The van der Waals surface area contributed by atoms with E-state index in [1.54, 1.807) is 0 Å². The molecule has 5 nitrogen and oxygen atoms in total. The average Bonchev–Trinajstić information content (AvgIpc) is 3.00. The molecule has 0 aliphatic carbocycles. The number of piperidine rings is 1. The maximum atomic E-state index is 12.8. The van der Waals surface area contributed by atoms with Crippen LogP contribution in [-0.4, -0.2) is 40.2 Å². The Bertz CT molecular complexity index is 772. The number of hydrogen-bond acceptors (Lipinski definition) is 3. The van der Waals surface area contributed by atoms with Crippen molar-refractivity contribution in [2.45, 2.75) is 52.6 Å². The summed E-state index contributed by atoms with van der Waals surface area (Å²) < 4.78 is 7.02. The highest BCUT2D eigenvalue weighted by Crippen LogP contribution is 2.29. The van der Waals surface area contributed by atoms with Crippen molar-refractivity contribution in [3.05, 3.63) is 45.2 Å². The lowest BCUT2D eigenvalue weighted by atomic mass is 10.1. The molecule has 0 radical (unpaired) electrons. The first-order chi connectivity index (χ1) is 12.4. The number of halogens is 1. The zero-order valence-corrected chi connectivity index (χ0v) is 17.4. The van der Waals surface area contributed by atoms with Crippen LogP contribution in [-0.2, 0) is 0 Å². The first-order valence-electron chi connectivity index (χ1n) is 9.14. The van der Waals surface area contributed by atoms with Crippen molar-refractivity contribution in [3.63, 3.8) is 0 Å². The Morgan fingerprint density at radius 3 is 2.42 bits per heavy atom. The van der Waals surface area contributed by atoms with E-state index in [1.807, 2.05) is 11.0 Å². The highest BCUT2D eigenvalue weighted by Gasteiger charge is 2.28. The number of carbonyl (C=O) groups excluding carboxylic acids is 1. The molecule has 140 valence electrons. The molecule has 1 N–H and O–H groups in total. The monoisotopic (exact) mass is 419 g/mol. The maximum Gasteiger partial charge on any atom is 0.275 e. The second-order valence-corrected chi connectivity index (χ2v) is 8.08. The topological polar surface area (TPSA) is 58.2 Å². The predicted molar refractivity (Wildman–Crippen MR) is 106 cm³/mol. The van der Waals surface area contributed by atoms with Crippen molar-refractivity contribution in [1.82, 2.24) is 15.1 Å². The summed E-state index contributed by atoms with van der Waals surface area (Å²) in [7, 11) is 0. The van der Waals surface area contributed by atoms with Crippen LogP contribution in [0.4, 0.5) is 0 Å². The summed E-state index contributed by atoms with van der Waals surface area (Å²) in [5.74, 6) is 1.24. The van der Waals surface area contributed by atoms with E-state index in [0.717, 1.165) is 39.9 Å². The molecule has 0 atom stereocenters. The summed E-state index contributed by atoms with van der Waals surface area (Å²) in [4.78, 5) is 14.7. The first-order valence-corrected chi connectivity index (χ1v) is 9.93. The Kier molecular flexibility index (Phi) is 5.70. The maximum absolute atomic E-state index is 12.8. The van der Waals surface area contributed by atoms with Crippen molar-refractivity contribution in [1.29, 1.82) is 0 Å². The van der Waals surface area contributed by atoms with E-state index in [2.05, 4.69) is 66.0 Å². The number of H-pyrrole nitrogens is 1. The molecule has 0 saturated carbocycles. The van der Waals surface area contributed by atoms with Gasteiger partial charge in [-0.05, 0) is 46.8 Å². The van der Waals surface area contributed by atoms with Crippen LogP contribution in [0.3, 0.4) is 0 Å². The number of aryl methyl sites for hydroxylation is 2. The molecule has 1 aromatic carbocycles. The summed E-state index contributed by atoms with van der Waals surface area (Å²) in [5.41, 5.74) is 3.75. The van der Waals surface area contributed by atoms with Gasteiger partial charge in [0.2, 0.25) is 0 Å². The number of benzene rings is 1. The Hall–Kier alpha value is -1.82. The summed E-state index contributed by atoms with van der Waals surface area (Å²) in [6, 6.07) is 6.19. The molecule has 3 rings (SSSR count). The lowest BCUT2D eigenvalue weighted by Gasteiger charge is -2.32. The molecule has 2 heterocycles. The number of amides is 1. The number of aromatic amines is 1. The molecule has 26 heavy (non-hydrogen) atoms. The number of para-hydroxylation sites is 1. The minimum atomic E-state index is -0.0226. The fourth-order valence-electron chi connectivity index (χ4n) is 3.34. The zero-order valence-electron chi connectivity index (χ0n) is 15.8. The van der Waals surface area contributed by atoms with Gasteiger partial charge < -0.3 is 9.64 Å². The summed E-state index contributed by atoms with van der Waals surface area (Å²) in [6.45, 7) is 9.66. The third-order valence-corrected chi connectivity index (χ3v) is 5.74. The van der Waals surface area contributed by atoms with E-state index < -0.39 is 0 Å². The number of aromatic nitrogens is 2. The van der Waals surface area contributed by atoms with E-state index in [4.69, 9.17) is 4.74 Å². The van der Waals surface area contributed by atoms with Gasteiger partial charge in [-0.1, -0.05) is 32.0 Å². The van der Waals surface area contributed by atoms with Gasteiger partial charge in [0.25, 0.3) is 5.91 Å². The molecule has 2 aromatic rings. The Morgan fingerprint density at radius 2 is 1.88 bits per heavy atom. The Morgan fingerprint density at radius 1 is 1.27 bits per heavy atom. The van der Waals surface area contributed by atoms with Gasteiger partial charge in [0, 0.05) is 25.9 Å². The predicted octanol–water partition coefficient (Wildman–Crippen LogP) is 4.60. The van der Waals surface area contributed by atoms with Crippen LogP contribution in [0.5, 0.6) is 5.75 Å². The number of ether oxygens (including phenoxy) is 1. The standard InChI is InChI=1S/C20H26BrN3O2/c1-12(2)17-16(21)18(23-22-17)20(25)24-10-8-15(9-11-24)26-19-13(3)6-5-7-14(19)4/h5-7,12,15H,8-11H2,1-4H3,(H,22,23). The summed E-state index contributed by atoms with van der Waals surface area (Å²) in [6.07, 6.45) is 1.81. The van der Waals surface area contributed by atoms with Crippen molar-refractivity contribution >= 4 is 21.8 Å². The van der Waals surface area contributed by atoms with Gasteiger partial charge in [0.1, 0.15) is 11.9 Å². The Labute approximate surface area is 163 Å². The van der Waals surface area contributed by atoms with Crippen molar-refractivity contribution in [2.75, 3.05) is 13.1 Å². The largest absolute Gasteiger partial charge is 0.490 e. The van der Waals surface area contributed by atoms with E-state index in [0.29, 0.717) is 18.8 Å². The molecule has 0 bridgehead atoms. The van der Waals surface area contributed by atoms with E-state index >= 15 is 0 Å². The lowest BCUT2D eigenvalue weighted by Crippen LogP contribution is -2.42. The average molecular weight is 420 g/mol. The van der Waals surface area contributed by atoms with Gasteiger partial charge in [-0.25, -0.2) is 0 Å². The van der Waals surface area contributed by atoms with Crippen LogP contribution in [0.15, 0.2) is 22.7 Å². The Balaban J connectivity index is 1.62. The fourth-order valence-corrected chi connectivity index (χ4v) is 4.15. The van der Waals surface area contributed by atoms with Gasteiger partial charge in [0.15, 0.2) is 5.69 Å². The highest BCUT2D eigenvalue weighted by atomic mass is 79.9. The third kappa shape index (κ3) is 3.80.